The number of aliphatic hydroxyl groups is 1. The standard InChI is InChI=1S/C22H35N3O3.C10H14S/c1-4-10-19(11-5-2)17-24-14-9-12-20(22(23)28)16-18(3)25-15-8-6-7-13-21(26)27;1-2-3-4-7-10-8-5-6-9-11-10/h4,9-12,15-18,22,28H,5-8,13-14,23H2,1-3H3,(H,26,27);2-4,7-8H,5-6,9H2,1H3/b10-4-,12-9-,19-11+,20-16+,24-17?,25-15?;3-2-,7-4-. The van der Waals surface area contributed by atoms with Gasteiger partial charge in [0.15, 0.2) is 0 Å². The maximum atomic E-state index is 10.4. The molecule has 4 N–H and O–H groups in total. The number of aliphatic carboxylic acids is 1. The van der Waals surface area contributed by atoms with Crippen molar-refractivity contribution in [2.24, 2.45) is 15.7 Å². The van der Waals surface area contributed by atoms with Crippen LogP contribution in [0.15, 0.2) is 92.9 Å². The van der Waals surface area contributed by atoms with Crippen molar-refractivity contribution in [1.29, 1.82) is 0 Å². The number of hydrogen-bond acceptors (Lipinski definition) is 6. The van der Waals surface area contributed by atoms with Crippen LogP contribution in [0, 0.1) is 0 Å². The maximum absolute atomic E-state index is 10.4. The predicted octanol–water partition coefficient (Wildman–Crippen LogP) is 7.36. The Bertz CT molecular complexity index is 938. The van der Waals surface area contributed by atoms with Gasteiger partial charge in [0, 0.05) is 17.5 Å². The van der Waals surface area contributed by atoms with E-state index in [1.54, 1.807) is 18.4 Å². The molecule has 0 aliphatic carbocycles. The molecule has 0 fully saturated rings. The quantitative estimate of drug-likeness (QED) is 0.0798. The first kappa shape index (κ1) is 36.3. The molecule has 0 saturated heterocycles. The van der Waals surface area contributed by atoms with E-state index in [9.17, 15) is 9.90 Å². The summed E-state index contributed by atoms with van der Waals surface area (Å²) in [6.45, 7) is 8.48. The molecule has 0 aromatic carbocycles. The van der Waals surface area contributed by atoms with E-state index >= 15 is 0 Å². The van der Waals surface area contributed by atoms with Crippen LogP contribution in [-0.2, 0) is 4.79 Å². The molecule has 1 rings (SSSR count). The average molecular weight is 556 g/mol. The number of carboxylic acids is 1. The second-order valence-electron chi connectivity index (χ2n) is 8.81. The van der Waals surface area contributed by atoms with Gasteiger partial charge in [-0.05, 0) is 88.5 Å². The van der Waals surface area contributed by atoms with Gasteiger partial charge >= 0.3 is 5.97 Å². The summed E-state index contributed by atoms with van der Waals surface area (Å²) in [5.41, 5.74) is 7.28. The molecule has 0 aromatic heterocycles. The van der Waals surface area contributed by atoms with Gasteiger partial charge in [0.25, 0.3) is 0 Å². The van der Waals surface area contributed by atoms with Crippen molar-refractivity contribution in [2.45, 2.75) is 84.9 Å². The zero-order valence-corrected chi connectivity index (χ0v) is 25.0. The minimum Gasteiger partial charge on any atom is -0.481 e. The molecule has 39 heavy (non-hydrogen) atoms. The van der Waals surface area contributed by atoms with Gasteiger partial charge in [0.2, 0.25) is 0 Å². The zero-order valence-electron chi connectivity index (χ0n) is 24.2. The first-order chi connectivity index (χ1) is 18.8. The van der Waals surface area contributed by atoms with Gasteiger partial charge in [-0.15, -0.1) is 11.8 Å². The Hall–Kier alpha value is -2.74. The van der Waals surface area contributed by atoms with Crippen molar-refractivity contribution in [3.05, 3.63) is 82.9 Å². The summed E-state index contributed by atoms with van der Waals surface area (Å²) in [5, 5.41) is 18.3. The lowest BCUT2D eigenvalue weighted by Crippen LogP contribution is -2.21. The number of carboxylic acid groups (broad SMARTS) is 1. The number of carbonyl (C=O) groups is 1. The third-order valence-electron chi connectivity index (χ3n) is 5.18. The van der Waals surface area contributed by atoms with Crippen LogP contribution in [0.3, 0.4) is 0 Å². The van der Waals surface area contributed by atoms with Crippen LogP contribution in [0.2, 0.25) is 0 Å². The lowest BCUT2D eigenvalue weighted by Gasteiger charge is -2.08. The Morgan fingerprint density at radius 2 is 2.00 bits per heavy atom. The first-order valence-electron chi connectivity index (χ1n) is 13.8. The number of aliphatic hydroxyl groups excluding tert-OH is 1. The van der Waals surface area contributed by atoms with E-state index in [1.165, 1.54) is 23.5 Å². The van der Waals surface area contributed by atoms with Gasteiger partial charge in [-0.2, -0.15) is 0 Å². The van der Waals surface area contributed by atoms with E-state index in [1.807, 2.05) is 63.1 Å². The van der Waals surface area contributed by atoms with Crippen molar-refractivity contribution in [3.63, 3.8) is 0 Å². The molecule has 216 valence electrons. The van der Waals surface area contributed by atoms with Crippen molar-refractivity contribution < 1.29 is 15.0 Å². The Balaban J connectivity index is 0.00000108. The molecule has 0 spiro atoms. The van der Waals surface area contributed by atoms with Crippen LogP contribution in [-0.4, -0.2) is 53.2 Å². The molecule has 0 amide bonds. The number of hydrogen-bond donors (Lipinski definition) is 3. The summed E-state index contributed by atoms with van der Waals surface area (Å²) in [6, 6.07) is -0.130. The molecule has 0 radical (unpaired) electrons. The third kappa shape index (κ3) is 22.9. The molecule has 7 heteroatoms. The normalized spacial score (nSPS) is 17.0. The smallest absolute Gasteiger partial charge is 0.303 e. The van der Waals surface area contributed by atoms with E-state index < -0.39 is 12.2 Å². The second kappa shape index (κ2) is 25.5. The zero-order chi connectivity index (χ0) is 29.1. The molecule has 0 aromatic rings. The van der Waals surface area contributed by atoms with Crippen LogP contribution >= 0.6 is 11.8 Å². The van der Waals surface area contributed by atoms with Gasteiger partial charge in [0.05, 0.1) is 12.6 Å². The third-order valence-corrected chi connectivity index (χ3v) is 6.31. The Morgan fingerprint density at radius 3 is 2.62 bits per heavy atom. The van der Waals surface area contributed by atoms with Crippen molar-refractivity contribution >= 4 is 30.2 Å². The molecular formula is C32H49N3O3S. The van der Waals surface area contributed by atoms with E-state index in [-0.39, 0.29) is 12.5 Å². The maximum Gasteiger partial charge on any atom is 0.303 e. The molecule has 2 unspecified atom stereocenters. The minimum atomic E-state index is -1.08. The van der Waals surface area contributed by atoms with Gasteiger partial charge in [-0.25, -0.2) is 0 Å². The molecule has 1 aliphatic rings. The number of nitrogens with two attached hydrogens (primary N) is 1. The highest BCUT2D eigenvalue weighted by molar-refractivity contribution is 8.03. The predicted molar refractivity (Wildman–Crippen MR) is 172 cm³/mol. The van der Waals surface area contributed by atoms with Crippen LogP contribution in [0.4, 0.5) is 0 Å². The van der Waals surface area contributed by atoms with Crippen molar-refractivity contribution in [2.75, 3.05) is 12.3 Å². The minimum absolute atomic E-state index is 0.130. The number of thioether (sulfide) groups is 1. The van der Waals surface area contributed by atoms with Crippen LogP contribution in [0.1, 0.15) is 72.6 Å². The monoisotopic (exact) mass is 555 g/mol. The highest BCUT2D eigenvalue weighted by Crippen LogP contribution is 2.24. The number of rotatable bonds is 16. The number of aliphatic imine (C=N–C) groups is 2. The summed E-state index contributed by atoms with van der Waals surface area (Å²) in [4.78, 5) is 20.6. The molecule has 0 bridgehead atoms. The summed E-state index contributed by atoms with van der Waals surface area (Å²) >= 11 is 1.95. The fraction of sp³-hybridized carbons (Fsp3) is 0.469. The number of nitrogens with zero attached hydrogens (tertiary/aromatic N) is 2. The van der Waals surface area contributed by atoms with Gasteiger partial charge in [-0.3, -0.25) is 14.8 Å². The summed E-state index contributed by atoms with van der Waals surface area (Å²) in [5.74, 6) is 0.511. The highest BCUT2D eigenvalue weighted by Gasteiger charge is 2.04. The molecule has 6 nitrogen and oxygen atoms in total. The first-order valence-corrected chi connectivity index (χ1v) is 14.8. The summed E-state index contributed by atoms with van der Waals surface area (Å²) in [7, 11) is 0. The molecule has 0 saturated carbocycles. The topological polar surface area (TPSA) is 108 Å². The van der Waals surface area contributed by atoms with Gasteiger partial charge in [0.1, 0.15) is 6.23 Å². The average Bonchev–Trinajstić information content (AvgIpc) is 2.91. The van der Waals surface area contributed by atoms with E-state index in [0.29, 0.717) is 18.5 Å². The second-order valence-corrected chi connectivity index (χ2v) is 9.98. The lowest BCUT2D eigenvalue weighted by atomic mass is 10.1. The van der Waals surface area contributed by atoms with Gasteiger partial charge < -0.3 is 15.9 Å². The Morgan fingerprint density at radius 1 is 1.21 bits per heavy atom. The lowest BCUT2D eigenvalue weighted by molar-refractivity contribution is -0.137. The van der Waals surface area contributed by atoms with Crippen molar-refractivity contribution in [1.82, 2.24) is 0 Å². The number of unbranched alkanes of at least 4 members (excludes halogenated alkanes) is 2. The Kier molecular flexibility index (Phi) is 23.7. The van der Waals surface area contributed by atoms with E-state index in [2.05, 4.69) is 47.3 Å². The fourth-order valence-electron chi connectivity index (χ4n) is 3.28. The molecular weight excluding hydrogens is 506 g/mol. The molecule has 1 aliphatic heterocycles. The van der Waals surface area contributed by atoms with E-state index in [0.717, 1.165) is 24.8 Å². The number of allylic oxidation sites excluding steroid dienone is 9. The fourth-order valence-corrected chi connectivity index (χ4v) is 4.24. The molecule has 1 heterocycles. The largest absolute Gasteiger partial charge is 0.481 e. The van der Waals surface area contributed by atoms with E-state index in [4.69, 9.17) is 10.8 Å². The van der Waals surface area contributed by atoms with Crippen molar-refractivity contribution in [3.8, 4) is 0 Å². The molecule has 2 atom stereocenters. The van der Waals surface area contributed by atoms with Crippen LogP contribution in [0.25, 0.3) is 0 Å². The van der Waals surface area contributed by atoms with Gasteiger partial charge in [-0.1, -0.05) is 67.7 Å². The van der Waals surface area contributed by atoms with Crippen LogP contribution in [0.5, 0.6) is 0 Å². The van der Waals surface area contributed by atoms with Crippen LogP contribution < -0.4 is 5.73 Å². The highest BCUT2D eigenvalue weighted by atomic mass is 32.2. The summed E-state index contributed by atoms with van der Waals surface area (Å²) in [6.07, 6.45) is 30.6. The summed E-state index contributed by atoms with van der Waals surface area (Å²) < 4.78 is 0. The SMILES string of the molecule is C/C=C\C(C=NC/C=C\C(=C/C(C)N=CCCCCC(=O)O)C(N)O)=C/CC.C/C=C\C=C/C1=CCCCS1. The Labute approximate surface area is 240 Å².